The number of carboxylic acids is 1. The number of aliphatic hydroxyl groups is 1. The van der Waals surface area contributed by atoms with E-state index in [1.54, 1.807) is 13.8 Å². The van der Waals surface area contributed by atoms with Crippen LogP contribution in [-0.4, -0.2) is 82.6 Å². The molecule has 194 valence electrons. The van der Waals surface area contributed by atoms with Gasteiger partial charge in [-0.05, 0) is 25.7 Å². The maximum absolute atomic E-state index is 12.9. The van der Waals surface area contributed by atoms with E-state index in [4.69, 9.17) is 28.0 Å². The van der Waals surface area contributed by atoms with Crippen molar-refractivity contribution in [2.75, 3.05) is 6.54 Å². The van der Waals surface area contributed by atoms with Gasteiger partial charge in [-0.25, -0.2) is 4.79 Å². The molecule has 0 aliphatic carbocycles. The first-order chi connectivity index (χ1) is 15.7. The number of nitrogens with one attached hydrogen (secondary N) is 3. The number of primary amides is 1. The van der Waals surface area contributed by atoms with Crippen molar-refractivity contribution in [1.29, 1.82) is 0 Å². The lowest BCUT2D eigenvalue weighted by Crippen LogP contribution is -2.59. The van der Waals surface area contributed by atoms with Gasteiger partial charge in [-0.1, -0.05) is 13.8 Å². The van der Waals surface area contributed by atoms with Crippen molar-refractivity contribution in [3.63, 3.8) is 0 Å². The van der Waals surface area contributed by atoms with Crippen molar-refractivity contribution in [2.24, 2.45) is 33.8 Å². The smallest absolute Gasteiger partial charge is 0.328 e. The number of guanidine groups is 1. The first-order valence-electron chi connectivity index (χ1n) is 10.6. The molecule has 0 fully saturated rings. The minimum atomic E-state index is -1.70. The van der Waals surface area contributed by atoms with E-state index in [0.717, 1.165) is 6.92 Å². The third-order valence-electron chi connectivity index (χ3n) is 4.68. The number of amides is 4. The van der Waals surface area contributed by atoms with Crippen LogP contribution in [-0.2, 0) is 24.0 Å². The van der Waals surface area contributed by atoms with E-state index in [9.17, 15) is 29.1 Å². The summed E-state index contributed by atoms with van der Waals surface area (Å²) in [6.45, 7) is 4.72. The van der Waals surface area contributed by atoms with Gasteiger partial charge in [0.25, 0.3) is 0 Å². The van der Waals surface area contributed by atoms with Crippen molar-refractivity contribution in [2.45, 2.75) is 70.3 Å². The molecule has 4 amide bonds. The van der Waals surface area contributed by atoms with Gasteiger partial charge < -0.3 is 49.1 Å². The molecule has 15 heteroatoms. The van der Waals surface area contributed by atoms with Gasteiger partial charge in [0.05, 0.1) is 18.6 Å². The fourth-order valence-electron chi connectivity index (χ4n) is 2.67. The van der Waals surface area contributed by atoms with Crippen molar-refractivity contribution in [3.8, 4) is 0 Å². The molecule has 13 N–H and O–H groups in total. The Morgan fingerprint density at radius 2 is 1.41 bits per heavy atom. The van der Waals surface area contributed by atoms with Gasteiger partial charge in [-0.3, -0.25) is 24.2 Å². The molecule has 0 radical (unpaired) electrons. The lowest BCUT2D eigenvalue weighted by molar-refractivity contribution is -0.145. The number of nitrogens with two attached hydrogens (primary N) is 4. The Morgan fingerprint density at radius 3 is 1.85 bits per heavy atom. The molecule has 0 saturated carbocycles. The Labute approximate surface area is 197 Å². The minimum absolute atomic E-state index is 0.0511. The van der Waals surface area contributed by atoms with E-state index in [-0.39, 0.29) is 31.3 Å². The number of carbonyl (C=O) groups excluding carboxylic acids is 4. The Morgan fingerprint density at radius 1 is 0.882 bits per heavy atom. The maximum atomic E-state index is 12.9. The average molecular weight is 489 g/mol. The normalized spacial score (nSPS) is 15.2. The van der Waals surface area contributed by atoms with Gasteiger partial charge in [-0.2, -0.15) is 0 Å². The molecule has 5 unspecified atom stereocenters. The van der Waals surface area contributed by atoms with Crippen molar-refractivity contribution in [3.05, 3.63) is 0 Å². The molecule has 0 spiro atoms. The van der Waals surface area contributed by atoms with Gasteiger partial charge in [0.15, 0.2) is 12.0 Å². The fraction of sp³-hybridized carbons (Fsp3) is 0.684. The summed E-state index contributed by atoms with van der Waals surface area (Å²) in [5.74, 6) is -5.40. The molecule has 5 atom stereocenters. The number of carboxylic acid groups (broad SMARTS) is 1. The van der Waals surface area contributed by atoms with E-state index in [1.807, 2.05) is 5.32 Å². The molecule has 0 rings (SSSR count). The summed E-state index contributed by atoms with van der Waals surface area (Å²) in [5.41, 5.74) is 21.5. The van der Waals surface area contributed by atoms with Crippen LogP contribution in [0.15, 0.2) is 4.99 Å². The van der Waals surface area contributed by atoms with Gasteiger partial charge >= 0.3 is 5.97 Å². The summed E-state index contributed by atoms with van der Waals surface area (Å²) in [6.07, 6.45) is -1.81. The fourth-order valence-corrected chi connectivity index (χ4v) is 2.67. The summed E-state index contributed by atoms with van der Waals surface area (Å²) in [6, 6.07) is -5.36. The molecule has 15 nitrogen and oxygen atoms in total. The van der Waals surface area contributed by atoms with Crippen LogP contribution in [0.4, 0.5) is 0 Å². The molecular weight excluding hydrogens is 452 g/mol. The molecule has 0 heterocycles. The van der Waals surface area contributed by atoms with E-state index in [1.165, 1.54) is 0 Å². The van der Waals surface area contributed by atoms with Crippen LogP contribution in [0.1, 0.15) is 40.0 Å². The molecule has 0 aliphatic heterocycles. The zero-order valence-corrected chi connectivity index (χ0v) is 19.5. The van der Waals surface area contributed by atoms with Crippen LogP contribution in [0, 0.1) is 5.92 Å². The lowest BCUT2D eigenvalue weighted by atomic mass is 10.0. The van der Waals surface area contributed by atoms with Crippen molar-refractivity contribution < 1.29 is 34.2 Å². The molecule has 0 aliphatic rings. The maximum Gasteiger partial charge on any atom is 0.328 e. The monoisotopic (exact) mass is 488 g/mol. The van der Waals surface area contributed by atoms with Gasteiger partial charge in [0.2, 0.25) is 23.6 Å². The molecule has 0 bridgehead atoms. The number of aliphatic hydroxyl groups excluding tert-OH is 1. The van der Waals surface area contributed by atoms with Gasteiger partial charge in [-0.15, -0.1) is 0 Å². The number of hydrogen-bond acceptors (Lipinski definition) is 8. The third kappa shape index (κ3) is 11.4. The Hall–Kier alpha value is -3.46. The number of nitrogens with zero attached hydrogens (tertiary/aromatic N) is 1. The van der Waals surface area contributed by atoms with Crippen LogP contribution < -0.4 is 38.9 Å². The molecule has 0 aromatic heterocycles. The van der Waals surface area contributed by atoms with Crippen LogP contribution in [0.25, 0.3) is 0 Å². The summed E-state index contributed by atoms with van der Waals surface area (Å²) in [4.78, 5) is 64.3. The number of aliphatic carboxylic acids is 1. The molecule has 0 aromatic rings. The first kappa shape index (κ1) is 30.5. The van der Waals surface area contributed by atoms with Crippen LogP contribution in [0.2, 0.25) is 0 Å². The number of carbonyl (C=O) groups is 5. The van der Waals surface area contributed by atoms with E-state index in [0.29, 0.717) is 0 Å². The van der Waals surface area contributed by atoms with Crippen molar-refractivity contribution in [1.82, 2.24) is 16.0 Å². The van der Waals surface area contributed by atoms with E-state index in [2.05, 4.69) is 15.6 Å². The van der Waals surface area contributed by atoms with Crippen LogP contribution in [0.3, 0.4) is 0 Å². The largest absolute Gasteiger partial charge is 0.480 e. The first-order valence-corrected chi connectivity index (χ1v) is 10.6. The Bertz CT molecular complexity index is 768. The highest BCUT2D eigenvalue weighted by molar-refractivity contribution is 5.96. The van der Waals surface area contributed by atoms with Gasteiger partial charge in [0.1, 0.15) is 12.1 Å². The molecule has 34 heavy (non-hydrogen) atoms. The summed E-state index contributed by atoms with van der Waals surface area (Å²) in [7, 11) is 0. The highest BCUT2D eigenvalue weighted by Gasteiger charge is 2.32. The summed E-state index contributed by atoms with van der Waals surface area (Å²) >= 11 is 0. The third-order valence-corrected chi connectivity index (χ3v) is 4.68. The van der Waals surface area contributed by atoms with Crippen LogP contribution in [0.5, 0.6) is 0 Å². The highest BCUT2D eigenvalue weighted by atomic mass is 16.4. The topological polar surface area (TPSA) is 278 Å². The van der Waals surface area contributed by atoms with E-state index >= 15 is 0 Å². The standard InChI is InChI=1S/C19H36N8O7/c1-8(2)13(21)17(32)25-10(5-4-6-24-19(22)23)15(30)26-11(7-12(20)29)16(31)27-14(9(3)28)18(33)34/h8-11,13-14,28H,4-7,21H2,1-3H3,(H2,20,29)(H,25,32)(H,26,30)(H,27,31)(H,33,34)(H4,22,23,24). The second kappa shape index (κ2) is 14.6. The SMILES string of the molecule is CC(C)C(N)C(=O)NC(CCCN=C(N)N)C(=O)NC(CC(N)=O)C(=O)NC(C(=O)O)C(C)O. The second-order valence-corrected chi connectivity index (χ2v) is 8.08. The molecular formula is C19H36N8O7. The van der Waals surface area contributed by atoms with Crippen molar-refractivity contribution >= 4 is 35.6 Å². The van der Waals surface area contributed by atoms with E-state index < -0.39 is 66.3 Å². The highest BCUT2D eigenvalue weighted by Crippen LogP contribution is 2.05. The zero-order valence-electron chi connectivity index (χ0n) is 19.5. The predicted octanol–water partition coefficient (Wildman–Crippen LogP) is -4.18. The second-order valence-electron chi connectivity index (χ2n) is 8.08. The Balaban J connectivity index is 5.62. The molecule has 0 saturated heterocycles. The number of aliphatic imine (C=N–C) groups is 1. The summed E-state index contributed by atoms with van der Waals surface area (Å²) < 4.78 is 0. The molecule has 0 aromatic carbocycles. The summed E-state index contributed by atoms with van der Waals surface area (Å²) in [5, 5.41) is 25.5. The number of rotatable bonds is 15. The minimum Gasteiger partial charge on any atom is -0.480 e. The average Bonchev–Trinajstić information content (AvgIpc) is 2.71. The Kier molecular flexibility index (Phi) is 13.2. The quantitative estimate of drug-likeness (QED) is 0.0608. The zero-order chi connectivity index (χ0) is 26.6. The van der Waals surface area contributed by atoms with Gasteiger partial charge in [0, 0.05) is 6.54 Å². The predicted molar refractivity (Wildman–Crippen MR) is 122 cm³/mol. The van der Waals surface area contributed by atoms with Crippen LogP contribution >= 0.6 is 0 Å². The lowest BCUT2D eigenvalue weighted by Gasteiger charge is -2.25. The number of hydrogen-bond donors (Lipinski definition) is 9.